The number of aromatic nitrogens is 1. The smallest absolute Gasteiger partial charge is 0.0451 e. The Hall–Kier alpha value is -1.41. The van der Waals surface area contributed by atoms with E-state index in [9.17, 15) is 0 Å². The summed E-state index contributed by atoms with van der Waals surface area (Å²) in [4.78, 5) is 4.28. The second kappa shape index (κ2) is 4.41. The number of hydrogen-bond donors (Lipinski definition) is 1. The van der Waals surface area contributed by atoms with Gasteiger partial charge in [0.05, 0.1) is 0 Å². The first kappa shape index (κ1) is 10.1. The zero-order chi connectivity index (χ0) is 10.7. The first-order valence-corrected chi connectivity index (χ1v) is 5.26. The molecule has 2 aromatic rings. The highest BCUT2D eigenvalue weighted by molar-refractivity contribution is 5.84. The summed E-state index contributed by atoms with van der Waals surface area (Å²) in [6.07, 6.45) is 3.59. The summed E-state index contributed by atoms with van der Waals surface area (Å²) < 4.78 is 0. The van der Waals surface area contributed by atoms with Crippen LogP contribution in [0.15, 0.2) is 30.5 Å². The van der Waals surface area contributed by atoms with Crippen LogP contribution in [0.1, 0.15) is 17.7 Å². The molecule has 0 aliphatic rings. The molecule has 0 atom stereocenters. The van der Waals surface area contributed by atoms with Crippen molar-refractivity contribution < 1.29 is 5.11 Å². The van der Waals surface area contributed by atoms with Crippen LogP contribution in [0, 0.1) is 6.92 Å². The third-order valence-electron chi connectivity index (χ3n) is 2.65. The normalized spacial score (nSPS) is 10.8. The van der Waals surface area contributed by atoms with Gasteiger partial charge in [0.1, 0.15) is 0 Å². The standard InChI is InChI=1S/C13H15NO/c1-10-13-9-11(3-2-8-15)4-5-12(13)6-7-14-10/h4-7,9,15H,2-3,8H2,1H3. The van der Waals surface area contributed by atoms with Gasteiger partial charge in [-0.25, -0.2) is 0 Å². The molecule has 0 radical (unpaired) electrons. The quantitative estimate of drug-likeness (QED) is 0.827. The Morgan fingerprint density at radius 1 is 1.27 bits per heavy atom. The van der Waals surface area contributed by atoms with Gasteiger partial charge in [0.15, 0.2) is 0 Å². The number of aryl methyl sites for hydroxylation is 2. The molecule has 0 saturated carbocycles. The van der Waals surface area contributed by atoms with E-state index in [4.69, 9.17) is 5.11 Å². The molecule has 0 aliphatic heterocycles. The Kier molecular flexibility index (Phi) is 2.97. The van der Waals surface area contributed by atoms with Gasteiger partial charge in [0.2, 0.25) is 0 Å². The SMILES string of the molecule is Cc1nccc2ccc(CCCO)cc12. The molecule has 2 nitrogen and oxygen atoms in total. The van der Waals surface area contributed by atoms with Crippen LogP contribution in [0.3, 0.4) is 0 Å². The summed E-state index contributed by atoms with van der Waals surface area (Å²) in [6, 6.07) is 8.44. The maximum absolute atomic E-state index is 8.78. The van der Waals surface area contributed by atoms with Crippen molar-refractivity contribution in [3.05, 3.63) is 41.7 Å². The number of fused-ring (bicyclic) bond motifs is 1. The van der Waals surface area contributed by atoms with Gasteiger partial charge in [-0.1, -0.05) is 12.1 Å². The Balaban J connectivity index is 2.41. The number of aliphatic hydroxyl groups excluding tert-OH is 1. The van der Waals surface area contributed by atoms with E-state index in [1.165, 1.54) is 16.3 Å². The van der Waals surface area contributed by atoms with Crippen molar-refractivity contribution in [2.24, 2.45) is 0 Å². The Morgan fingerprint density at radius 2 is 2.13 bits per heavy atom. The fraction of sp³-hybridized carbons (Fsp3) is 0.308. The number of rotatable bonds is 3. The lowest BCUT2D eigenvalue weighted by atomic mass is 10.0. The van der Waals surface area contributed by atoms with Crippen LogP contribution in [-0.4, -0.2) is 16.7 Å². The average molecular weight is 201 g/mol. The molecule has 2 heteroatoms. The van der Waals surface area contributed by atoms with Gasteiger partial charge in [-0.2, -0.15) is 0 Å². The molecule has 0 spiro atoms. The topological polar surface area (TPSA) is 33.1 Å². The molecule has 0 fully saturated rings. The van der Waals surface area contributed by atoms with Crippen LogP contribution in [0.25, 0.3) is 10.8 Å². The minimum absolute atomic E-state index is 0.254. The lowest BCUT2D eigenvalue weighted by Gasteiger charge is -2.04. The zero-order valence-corrected chi connectivity index (χ0v) is 8.90. The van der Waals surface area contributed by atoms with E-state index in [0.717, 1.165) is 18.5 Å². The Morgan fingerprint density at radius 3 is 2.93 bits per heavy atom. The number of aliphatic hydroxyl groups is 1. The number of benzene rings is 1. The lowest BCUT2D eigenvalue weighted by molar-refractivity contribution is 0.288. The highest BCUT2D eigenvalue weighted by atomic mass is 16.2. The lowest BCUT2D eigenvalue weighted by Crippen LogP contribution is -1.90. The largest absolute Gasteiger partial charge is 0.396 e. The fourth-order valence-corrected chi connectivity index (χ4v) is 1.80. The molecular formula is C13H15NO. The van der Waals surface area contributed by atoms with Gasteiger partial charge in [0.25, 0.3) is 0 Å². The molecule has 1 N–H and O–H groups in total. The predicted molar refractivity (Wildman–Crippen MR) is 61.9 cm³/mol. The van der Waals surface area contributed by atoms with Crippen molar-refractivity contribution in [3.63, 3.8) is 0 Å². The minimum atomic E-state index is 0.254. The molecular weight excluding hydrogens is 186 g/mol. The van der Waals surface area contributed by atoms with Crippen LogP contribution in [0.5, 0.6) is 0 Å². The van der Waals surface area contributed by atoms with E-state index in [1.807, 2.05) is 19.2 Å². The first-order valence-electron chi connectivity index (χ1n) is 5.26. The van der Waals surface area contributed by atoms with Crippen molar-refractivity contribution in [1.29, 1.82) is 0 Å². The molecule has 0 bridgehead atoms. The molecule has 1 aromatic heterocycles. The highest BCUT2D eigenvalue weighted by Gasteiger charge is 1.99. The van der Waals surface area contributed by atoms with Crippen molar-refractivity contribution in [3.8, 4) is 0 Å². The second-order valence-corrected chi connectivity index (χ2v) is 3.78. The van der Waals surface area contributed by atoms with Crippen molar-refractivity contribution in [2.45, 2.75) is 19.8 Å². The summed E-state index contributed by atoms with van der Waals surface area (Å²) in [5.74, 6) is 0. The molecule has 15 heavy (non-hydrogen) atoms. The van der Waals surface area contributed by atoms with Gasteiger partial charge in [0, 0.05) is 23.9 Å². The van der Waals surface area contributed by atoms with E-state index >= 15 is 0 Å². The third-order valence-corrected chi connectivity index (χ3v) is 2.65. The summed E-state index contributed by atoms with van der Waals surface area (Å²) in [7, 11) is 0. The van der Waals surface area contributed by atoms with Crippen molar-refractivity contribution in [1.82, 2.24) is 4.98 Å². The van der Waals surface area contributed by atoms with Crippen LogP contribution < -0.4 is 0 Å². The highest BCUT2D eigenvalue weighted by Crippen LogP contribution is 2.18. The molecule has 0 saturated heterocycles. The predicted octanol–water partition coefficient (Wildman–Crippen LogP) is 2.47. The van der Waals surface area contributed by atoms with Gasteiger partial charge in [-0.05, 0) is 42.8 Å². The van der Waals surface area contributed by atoms with E-state index in [0.29, 0.717) is 0 Å². The van der Waals surface area contributed by atoms with E-state index in [1.54, 1.807) is 0 Å². The third kappa shape index (κ3) is 2.16. The summed E-state index contributed by atoms with van der Waals surface area (Å²) in [5, 5.41) is 11.2. The Bertz CT molecular complexity index is 465. The molecule has 0 unspecified atom stereocenters. The van der Waals surface area contributed by atoms with Gasteiger partial charge in [-0.15, -0.1) is 0 Å². The molecule has 78 valence electrons. The van der Waals surface area contributed by atoms with E-state index in [-0.39, 0.29) is 6.61 Å². The maximum Gasteiger partial charge on any atom is 0.0451 e. The van der Waals surface area contributed by atoms with Crippen LogP contribution in [-0.2, 0) is 6.42 Å². The minimum Gasteiger partial charge on any atom is -0.396 e. The summed E-state index contributed by atoms with van der Waals surface area (Å²) in [6.45, 7) is 2.28. The zero-order valence-electron chi connectivity index (χ0n) is 8.90. The number of nitrogens with zero attached hydrogens (tertiary/aromatic N) is 1. The first-order chi connectivity index (χ1) is 7.31. The van der Waals surface area contributed by atoms with Crippen molar-refractivity contribution in [2.75, 3.05) is 6.61 Å². The molecule has 1 heterocycles. The monoisotopic (exact) mass is 201 g/mol. The summed E-state index contributed by atoms with van der Waals surface area (Å²) >= 11 is 0. The molecule has 0 aliphatic carbocycles. The summed E-state index contributed by atoms with van der Waals surface area (Å²) in [5.41, 5.74) is 2.34. The van der Waals surface area contributed by atoms with Gasteiger partial charge < -0.3 is 5.11 Å². The van der Waals surface area contributed by atoms with E-state index in [2.05, 4.69) is 23.2 Å². The fourth-order valence-electron chi connectivity index (χ4n) is 1.80. The van der Waals surface area contributed by atoms with E-state index < -0.39 is 0 Å². The van der Waals surface area contributed by atoms with Crippen LogP contribution in [0.2, 0.25) is 0 Å². The number of hydrogen-bond acceptors (Lipinski definition) is 2. The number of pyridine rings is 1. The average Bonchev–Trinajstić information content (AvgIpc) is 2.27. The molecule has 2 rings (SSSR count). The maximum atomic E-state index is 8.78. The van der Waals surface area contributed by atoms with Gasteiger partial charge in [-0.3, -0.25) is 4.98 Å². The molecule has 0 amide bonds. The van der Waals surface area contributed by atoms with Crippen LogP contribution >= 0.6 is 0 Å². The van der Waals surface area contributed by atoms with Gasteiger partial charge >= 0.3 is 0 Å². The Labute approximate surface area is 89.6 Å². The second-order valence-electron chi connectivity index (χ2n) is 3.78. The van der Waals surface area contributed by atoms with Crippen molar-refractivity contribution >= 4 is 10.8 Å². The molecule has 1 aromatic carbocycles. The van der Waals surface area contributed by atoms with Crippen LogP contribution in [0.4, 0.5) is 0 Å².